The lowest BCUT2D eigenvalue weighted by molar-refractivity contribution is -0.140. The van der Waals surface area contributed by atoms with Gasteiger partial charge < -0.3 is 10.2 Å². The van der Waals surface area contributed by atoms with Crippen LogP contribution in [0, 0.1) is 5.82 Å². The van der Waals surface area contributed by atoms with Gasteiger partial charge in [0.1, 0.15) is 5.82 Å². The summed E-state index contributed by atoms with van der Waals surface area (Å²) in [6, 6.07) is 3.50. The van der Waals surface area contributed by atoms with Gasteiger partial charge >= 0.3 is 6.18 Å². The van der Waals surface area contributed by atoms with E-state index in [1.54, 1.807) is 0 Å². The molecule has 0 bridgehead atoms. The predicted molar refractivity (Wildman–Crippen MR) is 70.9 cm³/mol. The van der Waals surface area contributed by atoms with Gasteiger partial charge in [0.2, 0.25) is 0 Å². The van der Waals surface area contributed by atoms with Crippen molar-refractivity contribution in [3.63, 3.8) is 0 Å². The minimum absolute atomic E-state index is 0.287. The monoisotopic (exact) mass is 292 g/mol. The Bertz CT molecular complexity index is 430. The average Bonchev–Trinajstić information content (AvgIpc) is 2.34. The molecule has 0 atom stereocenters. The Labute approximate surface area is 116 Å². The van der Waals surface area contributed by atoms with Crippen LogP contribution in [-0.2, 0) is 12.7 Å². The van der Waals surface area contributed by atoms with Crippen LogP contribution in [0.15, 0.2) is 18.2 Å². The van der Waals surface area contributed by atoms with Crippen molar-refractivity contribution in [3.05, 3.63) is 35.1 Å². The van der Waals surface area contributed by atoms with E-state index in [1.165, 1.54) is 6.07 Å². The Balaban J connectivity index is 2.53. The highest BCUT2D eigenvalue weighted by Crippen LogP contribution is 2.31. The zero-order valence-electron chi connectivity index (χ0n) is 11.9. The highest BCUT2D eigenvalue weighted by Gasteiger charge is 2.34. The van der Waals surface area contributed by atoms with Gasteiger partial charge in [0, 0.05) is 25.7 Å². The summed E-state index contributed by atoms with van der Waals surface area (Å²) in [5.41, 5.74) is -0.790. The van der Waals surface area contributed by atoms with Crippen molar-refractivity contribution in [2.75, 3.05) is 20.1 Å². The summed E-state index contributed by atoms with van der Waals surface area (Å²) in [5, 5.41) is 3.05. The van der Waals surface area contributed by atoms with Crippen molar-refractivity contribution in [2.45, 2.75) is 32.6 Å². The predicted octanol–water partition coefficient (Wildman–Crippen LogP) is 3.27. The lowest BCUT2D eigenvalue weighted by Crippen LogP contribution is -2.33. The number of likely N-dealkylation sites (N-methyl/N-ethyl adjacent to an activating group) is 1. The van der Waals surface area contributed by atoms with E-state index >= 15 is 0 Å². The first-order valence-electron chi connectivity index (χ1n) is 6.48. The molecule has 20 heavy (non-hydrogen) atoms. The lowest BCUT2D eigenvalue weighted by Gasteiger charge is -2.21. The SMILES string of the molecule is CC(C)N(C)CCNCc1ccc(F)c(C(F)(F)F)c1. The smallest absolute Gasteiger partial charge is 0.311 e. The maximum absolute atomic E-state index is 13.1. The molecule has 0 fully saturated rings. The molecule has 0 heterocycles. The summed E-state index contributed by atoms with van der Waals surface area (Å²) >= 11 is 0. The molecule has 1 rings (SSSR count). The molecule has 0 aromatic heterocycles. The maximum Gasteiger partial charge on any atom is 0.419 e. The number of rotatable bonds is 6. The number of nitrogens with zero attached hydrogens (tertiary/aromatic N) is 1. The highest BCUT2D eigenvalue weighted by molar-refractivity contribution is 5.27. The third kappa shape index (κ3) is 5.09. The Kier molecular flexibility index (Phi) is 5.95. The fourth-order valence-corrected chi connectivity index (χ4v) is 1.65. The first kappa shape index (κ1) is 16.9. The number of nitrogens with one attached hydrogen (secondary N) is 1. The molecular weight excluding hydrogens is 272 g/mol. The molecule has 0 aliphatic carbocycles. The van der Waals surface area contributed by atoms with Crippen molar-refractivity contribution in [1.29, 1.82) is 0 Å². The minimum atomic E-state index is -4.65. The molecule has 1 aromatic carbocycles. The molecule has 0 spiro atoms. The third-order valence-corrected chi connectivity index (χ3v) is 3.19. The van der Waals surface area contributed by atoms with Gasteiger partial charge in [-0.3, -0.25) is 0 Å². The number of halogens is 4. The molecule has 114 valence electrons. The highest BCUT2D eigenvalue weighted by atomic mass is 19.4. The lowest BCUT2D eigenvalue weighted by atomic mass is 10.1. The van der Waals surface area contributed by atoms with E-state index in [1.807, 2.05) is 7.05 Å². The molecule has 0 saturated heterocycles. The van der Waals surface area contributed by atoms with E-state index in [2.05, 4.69) is 24.1 Å². The molecule has 1 aromatic rings. The van der Waals surface area contributed by atoms with E-state index < -0.39 is 17.6 Å². The van der Waals surface area contributed by atoms with Gasteiger partial charge in [-0.05, 0) is 38.6 Å². The maximum atomic E-state index is 13.1. The Hall–Kier alpha value is -1.14. The van der Waals surface area contributed by atoms with Crippen LogP contribution >= 0.6 is 0 Å². The second-order valence-corrected chi connectivity index (χ2v) is 5.06. The van der Waals surface area contributed by atoms with Crippen LogP contribution < -0.4 is 5.32 Å². The Morgan fingerprint density at radius 2 is 1.90 bits per heavy atom. The fraction of sp³-hybridized carbons (Fsp3) is 0.571. The van der Waals surface area contributed by atoms with E-state index in [0.29, 0.717) is 18.2 Å². The molecule has 6 heteroatoms. The molecule has 0 radical (unpaired) electrons. The zero-order chi connectivity index (χ0) is 15.3. The van der Waals surface area contributed by atoms with Crippen molar-refractivity contribution in [1.82, 2.24) is 10.2 Å². The molecule has 0 unspecified atom stereocenters. The van der Waals surface area contributed by atoms with Crippen molar-refractivity contribution >= 4 is 0 Å². The topological polar surface area (TPSA) is 15.3 Å². The summed E-state index contributed by atoms with van der Waals surface area (Å²) < 4.78 is 50.7. The first-order chi connectivity index (χ1) is 9.21. The van der Waals surface area contributed by atoms with Crippen LogP contribution in [0.3, 0.4) is 0 Å². The van der Waals surface area contributed by atoms with Gasteiger partial charge in [0.15, 0.2) is 0 Å². The zero-order valence-corrected chi connectivity index (χ0v) is 11.9. The van der Waals surface area contributed by atoms with Gasteiger partial charge in [0.05, 0.1) is 5.56 Å². The molecule has 2 nitrogen and oxygen atoms in total. The normalized spacial score (nSPS) is 12.4. The van der Waals surface area contributed by atoms with Gasteiger partial charge in [-0.15, -0.1) is 0 Å². The minimum Gasteiger partial charge on any atom is -0.311 e. The number of alkyl halides is 3. The average molecular weight is 292 g/mol. The quantitative estimate of drug-likeness (QED) is 0.639. The van der Waals surface area contributed by atoms with Crippen molar-refractivity contribution in [3.8, 4) is 0 Å². The van der Waals surface area contributed by atoms with Crippen molar-refractivity contribution in [2.24, 2.45) is 0 Å². The molecular formula is C14H20F4N2. The number of hydrogen-bond donors (Lipinski definition) is 1. The van der Waals surface area contributed by atoms with Crippen LogP contribution in [0.5, 0.6) is 0 Å². The summed E-state index contributed by atoms with van der Waals surface area (Å²) in [5.74, 6) is -1.24. The summed E-state index contributed by atoms with van der Waals surface area (Å²) in [4.78, 5) is 2.12. The van der Waals surface area contributed by atoms with E-state index in [9.17, 15) is 17.6 Å². The van der Waals surface area contributed by atoms with Crippen LogP contribution in [0.25, 0.3) is 0 Å². The van der Waals surface area contributed by atoms with Crippen LogP contribution in [-0.4, -0.2) is 31.1 Å². The van der Waals surface area contributed by atoms with Crippen LogP contribution in [0.2, 0.25) is 0 Å². The number of hydrogen-bond acceptors (Lipinski definition) is 2. The summed E-state index contributed by atoms with van der Waals surface area (Å²) in [6.07, 6.45) is -4.65. The Morgan fingerprint density at radius 1 is 1.25 bits per heavy atom. The fourth-order valence-electron chi connectivity index (χ4n) is 1.65. The molecule has 0 saturated carbocycles. The first-order valence-corrected chi connectivity index (χ1v) is 6.48. The van der Waals surface area contributed by atoms with Crippen molar-refractivity contribution < 1.29 is 17.6 Å². The van der Waals surface area contributed by atoms with Gasteiger partial charge in [0.25, 0.3) is 0 Å². The second-order valence-electron chi connectivity index (χ2n) is 5.06. The summed E-state index contributed by atoms with van der Waals surface area (Å²) in [6.45, 7) is 5.87. The molecule has 1 N–H and O–H groups in total. The van der Waals surface area contributed by atoms with E-state index in [4.69, 9.17) is 0 Å². The second kappa shape index (κ2) is 7.04. The largest absolute Gasteiger partial charge is 0.419 e. The number of benzene rings is 1. The third-order valence-electron chi connectivity index (χ3n) is 3.19. The molecule has 0 aliphatic heterocycles. The summed E-state index contributed by atoms with van der Waals surface area (Å²) in [7, 11) is 1.98. The standard InChI is InChI=1S/C14H20F4N2/c1-10(2)20(3)7-6-19-9-11-4-5-13(15)12(8-11)14(16,17)18/h4-5,8,10,19H,6-7,9H2,1-3H3. The van der Waals surface area contributed by atoms with Gasteiger partial charge in [-0.1, -0.05) is 6.07 Å². The van der Waals surface area contributed by atoms with Crippen LogP contribution in [0.4, 0.5) is 17.6 Å². The van der Waals surface area contributed by atoms with E-state index in [-0.39, 0.29) is 6.54 Å². The van der Waals surface area contributed by atoms with Crippen LogP contribution in [0.1, 0.15) is 25.0 Å². The molecule has 0 amide bonds. The Morgan fingerprint density at radius 3 is 2.45 bits per heavy atom. The van der Waals surface area contributed by atoms with Gasteiger partial charge in [-0.2, -0.15) is 13.2 Å². The van der Waals surface area contributed by atoms with Gasteiger partial charge in [-0.25, -0.2) is 4.39 Å². The van der Waals surface area contributed by atoms with E-state index in [0.717, 1.165) is 18.7 Å². The molecule has 0 aliphatic rings.